The maximum absolute atomic E-state index is 11.6. The smallest absolute Gasteiger partial charge is 0.338 e. The van der Waals surface area contributed by atoms with E-state index in [1.165, 1.54) is 7.11 Å². The molecule has 21 heavy (non-hydrogen) atoms. The number of methoxy groups -OCH3 is 1. The van der Waals surface area contributed by atoms with Gasteiger partial charge in [-0.3, -0.25) is 4.90 Å². The molecule has 0 spiro atoms. The quantitative estimate of drug-likeness (QED) is 0.827. The van der Waals surface area contributed by atoms with Gasteiger partial charge in [0, 0.05) is 38.9 Å². The van der Waals surface area contributed by atoms with Gasteiger partial charge in [0.15, 0.2) is 0 Å². The Balaban J connectivity index is 1.97. The number of piperazine rings is 1. The lowest BCUT2D eigenvalue weighted by Gasteiger charge is -2.37. The van der Waals surface area contributed by atoms with Crippen LogP contribution in [0.1, 0.15) is 24.2 Å². The van der Waals surface area contributed by atoms with Gasteiger partial charge in [0.25, 0.3) is 0 Å². The molecule has 0 atom stereocenters. The molecule has 1 N–H and O–H groups in total. The van der Waals surface area contributed by atoms with Crippen LogP contribution in [-0.4, -0.2) is 66.4 Å². The number of pyridine rings is 1. The summed E-state index contributed by atoms with van der Waals surface area (Å²) in [6.07, 6.45) is 1.63. The highest BCUT2D eigenvalue weighted by Gasteiger charge is 2.23. The van der Waals surface area contributed by atoms with Crippen LogP contribution < -0.4 is 4.90 Å². The van der Waals surface area contributed by atoms with Crippen LogP contribution in [0.4, 0.5) is 5.82 Å². The summed E-state index contributed by atoms with van der Waals surface area (Å²) < 4.78 is 4.73. The number of aliphatic hydroxyl groups is 1. The topological polar surface area (TPSA) is 65.9 Å². The molecule has 0 aliphatic carbocycles. The lowest BCUT2D eigenvalue weighted by molar-refractivity contribution is 0.0344. The minimum Gasteiger partial charge on any atom is -0.465 e. The van der Waals surface area contributed by atoms with Crippen LogP contribution >= 0.6 is 0 Å². The summed E-state index contributed by atoms with van der Waals surface area (Å²) in [4.78, 5) is 20.3. The van der Waals surface area contributed by atoms with Crippen molar-refractivity contribution in [2.45, 2.75) is 19.4 Å². The minimum absolute atomic E-state index is 0.348. The molecule has 1 fully saturated rings. The molecule has 1 aliphatic rings. The predicted molar refractivity (Wildman–Crippen MR) is 80.5 cm³/mol. The van der Waals surface area contributed by atoms with Crippen molar-refractivity contribution in [3.8, 4) is 0 Å². The highest BCUT2D eigenvalue weighted by Crippen LogP contribution is 2.16. The average Bonchev–Trinajstić information content (AvgIpc) is 2.45. The van der Waals surface area contributed by atoms with Crippen LogP contribution in [0.2, 0.25) is 0 Å². The monoisotopic (exact) mass is 293 g/mol. The molecule has 0 bridgehead atoms. The van der Waals surface area contributed by atoms with Gasteiger partial charge in [0.2, 0.25) is 0 Å². The Morgan fingerprint density at radius 3 is 2.62 bits per heavy atom. The van der Waals surface area contributed by atoms with E-state index in [-0.39, 0.29) is 5.97 Å². The summed E-state index contributed by atoms with van der Waals surface area (Å²) in [6, 6.07) is 3.41. The number of hydrogen-bond acceptors (Lipinski definition) is 6. The van der Waals surface area contributed by atoms with Crippen molar-refractivity contribution in [2.75, 3.05) is 44.7 Å². The van der Waals surface area contributed by atoms with Gasteiger partial charge in [-0.05, 0) is 26.0 Å². The van der Waals surface area contributed by atoms with Gasteiger partial charge in [0.1, 0.15) is 5.82 Å². The standard InChI is InChI=1S/C15H23N3O3/c1-15(2,20)11-17-6-8-18(9-7-17)13-10-12(4-5-16-13)14(19)21-3/h4-5,10,20H,6-9,11H2,1-3H3. The molecule has 1 aromatic heterocycles. The third-order valence-corrected chi connectivity index (χ3v) is 3.47. The fourth-order valence-electron chi connectivity index (χ4n) is 2.52. The van der Waals surface area contributed by atoms with E-state index in [0.29, 0.717) is 12.1 Å². The van der Waals surface area contributed by atoms with Crippen molar-refractivity contribution in [1.82, 2.24) is 9.88 Å². The third kappa shape index (κ3) is 4.41. The summed E-state index contributed by atoms with van der Waals surface area (Å²) in [5.74, 6) is 0.445. The molecule has 1 aromatic rings. The number of carbonyl (C=O) groups is 1. The average molecular weight is 293 g/mol. The van der Waals surface area contributed by atoms with Gasteiger partial charge in [-0.15, -0.1) is 0 Å². The Morgan fingerprint density at radius 2 is 2.05 bits per heavy atom. The van der Waals surface area contributed by atoms with Gasteiger partial charge in [-0.2, -0.15) is 0 Å². The van der Waals surface area contributed by atoms with E-state index < -0.39 is 5.60 Å². The zero-order valence-corrected chi connectivity index (χ0v) is 12.9. The summed E-state index contributed by atoms with van der Waals surface area (Å²) in [6.45, 7) is 7.70. The maximum atomic E-state index is 11.6. The summed E-state index contributed by atoms with van der Waals surface area (Å²) in [5.41, 5.74) is -0.160. The van der Waals surface area contributed by atoms with Crippen molar-refractivity contribution in [3.63, 3.8) is 0 Å². The summed E-state index contributed by atoms with van der Waals surface area (Å²) in [7, 11) is 1.37. The molecule has 0 aromatic carbocycles. The van der Waals surface area contributed by atoms with Crippen LogP contribution in [-0.2, 0) is 4.74 Å². The summed E-state index contributed by atoms with van der Waals surface area (Å²) >= 11 is 0. The van der Waals surface area contributed by atoms with Crippen molar-refractivity contribution in [2.24, 2.45) is 0 Å². The van der Waals surface area contributed by atoms with Gasteiger partial charge < -0.3 is 14.7 Å². The molecule has 6 nitrogen and oxygen atoms in total. The molecule has 0 radical (unpaired) electrons. The first-order chi connectivity index (χ1) is 9.89. The number of β-amino-alcohol motifs (C(OH)–C–C–N with tert-alkyl or cyclic N) is 1. The van der Waals surface area contributed by atoms with E-state index in [9.17, 15) is 9.90 Å². The second-order valence-electron chi connectivity index (χ2n) is 5.97. The molecule has 116 valence electrons. The number of anilines is 1. The van der Waals surface area contributed by atoms with Crippen LogP contribution in [0.3, 0.4) is 0 Å². The Hall–Kier alpha value is -1.66. The van der Waals surface area contributed by atoms with Crippen molar-refractivity contribution in [1.29, 1.82) is 0 Å². The lowest BCUT2D eigenvalue weighted by atomic mass is 10.1. The molecular weight excluding hydrogens is 270 g/mol. The van der Waals surface area contributed by atoms with E-state index in [2.05, 4.69) is 14.8 Å². The first-order valence-corrected chi connectivity index (χ1v) is 7.13. The zero-order chi connectivity index (χ0) is 15.5. The number of rotatable bonds is 4. The van der Waals surface area contributed by atoms with Crippen molar-refractivity contribution < 1.29 is 14.6 Å². The number of hydrogen-bond donors (Lipinski definition) is 1. The number of nitrogens with zero attached hydrogens (tertiary/aromatic N) is 3. The molecule has 6 heteroatoms. The van der Waals surface area contributed by atoms with E-state index >= 15 is 0 Å². The van der Waals surface area contributed by atoms with E-state index in [0.717, 1.165) is 32.0 Å². The van der Waals surface area contributed by atoms with Crippen molar-refractivity contribution >= 4 is 11.8 Å². The molecule has 2 heterocycles. The second-order valence-corrected chi connectivity index (χ2v) is 5.97. The number of carbonyl (C=O) groups excluding carboxylic acids is 1. The van der Waals surface area contributed by atoms with Gasteiger partial charge in [0.05, 0.1) is 18.3 Å². The van der Waals surface area contributed by atoms with E-state index in [1.54, 1.807) is 18.3 Å². The van der Waals surface area contributed by atoms with Crippen LogP contribution in [0.5, 0.6) is 0 Å². The van der Waals surface area contributed by atoms with Gasteiger partial charge in [-0.25, -0.2) is 9.78 Å². The lowest BCUT2D eigenvalue weighted by Crippen LogP contribution is -2.50. The number of aromatic nitrogens is 1. The van der Waals surface area contributed by atoms with Crippen molar-refractivity contribution in [3.05, 3.63) is 23.9 Å². The fourth-order valence-corrected chi connectivity index (χ4v) is 2.52. The molecule has 0 saturated carbocycles. The highest BCUT2D eigenvalue weighted by atomic mass is 16.5. The second kappa shape index (κ2) is 6.41. The van der Waals surface area contributed by atoms with E-state index in [1.807, 2.05) is 13.8 Å². The molecule has 0 unspecified atom stereocenters. The van der Waals surface area contributed by atoms with Gasteiger partial charge in [-0.1, -0.05) is 0 Å². The Bertz CT molecular complexity index is 491. The maximum Gasteiger partial charge on any atom is 0.338 e. The summed E-state index contributed by atoms with van der Waals surface area (Å²) in [5, 5.41) is 9.86. The SMILES string of the molecule is COC(=O)c1ccnc(N2CCN(CC(C)(C)O)CC2)c1. The predicted octanol–water partition coefficient (Wildman–Crippen LogP) is 0.761. The zero-order valence-electron chi connectivity index (χ0n) is 12.9. The van der Waals surface area contributed by atoms with Gasteiger partial charge >= 0.3 is 5.97 Å². The fraction of sp³-hybridized carbons (Fsp3) is 0.600. The first kappa shape index (κ1) is 15.7. The Morgan fingerprint density at radius 1 is 1.38 bits per heavy atom. The van der Waals surface area contributed by atoms with Crippen LogP contribution in [0.15, 0.2) is 18.3 Å². The molecular formula is C15H23N3O3. The van der Waals surface area contributed by atoms with Crippen LogP contribution in [0, 0.1) is 0 Å². The van der Waals surface area contributed by atoms with E-state index in [4.69, 9.17) is 4.74 Å². The Kier molecular flexibility index (Phi) is 4.80. The molecule has 1 aliphatic heterocycles. The highest BCUT2D eigenvalue weighted by molar-refractivity contribution is 5.90. The normalized spacial score (nSPS) is 16.9. The minimum atomic E-state index is -0.675. The first-order valence-electron chi connectivity index (χ1n) is 7.13. The third-order valence-electron chi connectivity index (χ3n) is 3.47. The molecule has 2 rings (SSSR count). The molecule has 1 saturated heterocycles. The molecule has 0 amide bonds. The van der Waals surface area contributed by atoms with Crippen LogP contribution in [0.25, 0.3) is 0 Å². The Labute approximate surface area is 125 Å². The largest absolute Gasteiger partial charge is 0.465 e. The number of ether oxygens (including phenoxy) is 1. The number of esters is 1.